The van der Waals surface area contributed by atoms with Crippen molar-refractivity contribution in [2.45, 2.75) is 160 Å². The van der Waals surface area contributed by atoms with Gasteiger partial charge in [0.2, 0.25) is 0 Å². The zero-order chi connectivity index (χ0) is 75.6. The maximum absolute atomic E-state index is 12.1. The van der Waals surface area contributed by atoms with E-state index in [4.69, 9.17) is 51.6 Å². The molecular formula is C76H82Cl2N16O12. The van der Waals surface area contributed by atoms with Crippen LogP contribution in [-0.2, 0) is 9.47 Å². The van der Waals surface area contributed by atoms with Crippen molar-refractivity contribution in [2.75, 3.05) is 26.4 Å². The highest BCUT2D eigenvalue weighted by Gasteiger charge is 2.27. The summed E-state index contributed by atoms with van der Waals surface area (Å²) >= 11 is 12.4. The highest BCUT2D eigenvalue weighted by atomic mass is 35.5. The number of carboxylic acids is 2. The highest BCUT2D eigenvalue weighted by Crippen LogP contribution is 2.38. The number of carbonyl (C=O) groups excluding carboxylic acids is 2. The summed E-state index contributed by atoms with van der Waals surface area (Å²) < 4.78 is 39.9. The van der Waals surface area contributed by atoms with Crippen LogP contribution in [0.3, 0.4) is 0 Å². The fraction of sp³-hybridized carbons (Fsp3) is 0.368. The fourth-order valence-electron chi connectivity index (χ4n) is 12.7. The number of carbonyl (C=O) groups is 4. The lowest BCUT2D eigenvalue weighted by Gasteiger charge is -2.13. The molecule has 12 aromatic rings. The second kappa shape index (κ2) is 33.7. The monoisotopic (exact) mass is 1480 g/mol. The predicted octanol–water partition coefficient (Wildman–Crippen LogP) is 14.9. The molecule has 2 N–H and O–H groups in total. The van der Waals surface area contributed by atoms with Gasteiger partial charge in [0.15, 0.2) is 45.4 Å². The first-order valence-electron chi connectivity index (χ1n) is 35.1. The Morgan fingerprint density at radius 1 is 0.406 bits per heavy atom. The van der Waals surface area contributed by atoms with Crippen LogP contribution in [0, 0.1) is 55.4 Å². The molecule has 0 bridgehead atoms. The first kappa shape index (κ1) is 75.9. The van der Waals surface area contributed by atoms with Gasteiger partial charge in [-0.2, -0.15) is 20.4 Å². The topological polar surface area (TPSA) is 336 Å². The number of aromatic carboxylic acids is 2. The Morgan fingerprint density at radius 2 is 0.689 bits per heavy atom. The minimum absolute atomic E-state index is 0.0909. The van der Waals surface area contributed by atoms with Crippen molar-refractivity contribution in [1.29, 1.82) is 0 Å². The van der Waals surface area contributed by atoms with E-state index in [1.165, 1.54) is 30.2 Å². The van der Waals surface area contributed by atoms with Crippen molar-refractivity contribution >= 4 is 69.7 Å². The molecular weight excluding hydrogens is 1400 g/mol. The standard InChI is InChI=1S/C21H24N4O3.C19H21ClN4O3.C19H20N4O3.C17H17ClN4O3/c1-4-27-21(26)19-14(3)25-20(23-22-19)18(13(2)24-25)15-9-11-17(12-10-15)28-16-7-5-6-8-16;1-5-9-27-15-10-13(7-8-14(15)20)16-11(3)23-24-12(4)17(19(25)26-6-2)21-22-18(16)24;1-11-16(18-21-20-17(19(24)25)12(2)23(18)22-11)13-7-9-15(10-8-13)26-14-5-3-4-6-14;1-4-7-25-13-8-11(5-6-12(13)18)14-9(2)21-22-10(3)15(17(23)24)19-20-16(14)22/h9-12,16H,4-8H2,1-3H3;7-8,10H,5-6,9H2,1-4H3;7-10,14H,3-6H2,1-2H3,(H,24,25);5-6,8H,4,7H2,1-3H3,(H,23,24). The SMILES string of the molecule is CCCOc1cc(-c2c(C)nn3c(C)c(C(=O)O)nnc23)ccc1Cl.CCCOc1cc(-c2c(C)nn3c(C)c(C(=O)OCC)nnc23)ccc1Cl.CCOC(=O)c1nnc2c(-c3ccc(OC4CCCC4)cc3)c(C)nn2c1C.Cc1nn2c(C)c(C(=O)O)nnc2c1-c1ccc(OC2CCCC2)cc1. The lowest BCUT2D eigenvalue weighted by molar-refractivity contribution is 0.0506. The molecule has 14 rings (SSSR count). The molecule has 0 aliphatic heterocycles. The number of rotatable bonds is 20. The smallest absolute Gasteiger partial charge is 0.360 e. The molecule has 2 aliphatic carbocycles. The second-order valence-corrected chi connectivity index (χ2v) is 26.3. The van der Waals surface area contributed by atoms with Gasteiger partial charge in [0, 0.05) is 0 Å². The third-order valence-corrected chi connectivity index (χ3v) is 18.6. The third-order valence-electron chi connectivity index (χ3n) is 18.0. The van der Waals surface area contributed by atoms with Gasteiger partial charge < -0.3 is 38.6 Å². The maximum Gasteiger partial charge on any atom is 0.360 e. The van der Waals surface area contributed by atoms with Crippen LogP contribution in [0.15, 0.2) is 84.9 Å². The van der Waals surface area contributed by atoms with Gasteiger partial charge in [0.05, 0.1) is 116 Å². The van der Waals surface area contributed by atoms with Crippen molar-refractivity contribution in [1.82, 2.24) is 79.2 Å². The number of hydrogen-bond donors (Lipinski definition) is 2. The third kappa shape index (κ3) is 16.3. The second-order valence-electron chi connectivity index (χ2n) is 25.5. The van der Waals surface area contributed by atoms with Gasteiger partial charge in [-0.05, 0) is 204 Å². The number of benzene rings is 4. The van der Waals surface area contributed by atoms with Crippen molar-refractivity contribution in [2.24, 2.45) is 0 Å². The molecule has 0 atom stereocenters. The number of hydrogen-bond acceptors (Lipinski definition) is 22. The number of carboxylic acid groups (broad SMARTS) is 2. The Balaban J connectivity index is 0.000000141. The summed E-state index contributed by atoms with van der Waals surface area (Å²) in [6.45, 7) is 23.7. The summed E-state index contributed by atoms with van der Waals surface area (Å²) in [4.78, 5) is 46.6. The molecule has 0 unspecified atom stereocenters. The normalized spacial score (nSPS) is 12.9. The van der Waals surface area contributed by atoms with Crippen LogP contribution >= 0.6 is 23.2 Å². The minimum atomic E-state index is -1.14. The van der Waals surface area contributed by atoms with E-state index in [2.05, 4.69) is 61.2 Å². The summed E-state index contributed by atoms with van der Waals surface area (Å²) in [6.07, 6.45) is 11.9. The first-order valence-corrected chi connectivity index (χ1v) is 35.9. The molecule has 0 spiro atoms. The number of halogens is 2. The van der Waals surface area contributed by atoms with Gasteiger partial charge in [0.25, 0.3) is 0 Å². The van der Waals surface area contributed by atoms with E-state index in [9.17, 15) is 29.4 Å². The number of aromatic nitrogens is 16. The molecule has 0 saturated heterocycles. The molecule has 106 heavy (non-hydrogen) atoms. The largest absolute Gasteiger partial charge is 0.492 e. The maximum atomic E-state index is 12.1. The Bertz CT molecular complexity index is 5240. The van der Waals surface area contributed by atoms with Crippen molar-refractivity contribution in [3.8, 4) is 67.5 Å². The lowest BCUT2D eigenvalue weighted by atomic mass is 10.1. The van der Waals surface area contributed by atoms with E-state index in [1.807, 2.05) is 114 Å². The quantitative estimate of drug-likeness (QED) is 0.0669. The summed E-state index contributed by atoms with van der Waals surface area (Å²) in [7, 11) is 0. The number of esters is 2. The number of nitrogens with zero attached hydrogens (tertiary/aromatic N) is 16. The van der Waals surface area contributed by atoms with Gasteiger partial charge >= 0.3 is 23.9 Å². The van der Waals surface area contributed by atoms with Crippen molar-refractivity contribution in [3.05, 3.63) is 163 Å². The Morgan fingerprint density at radius 3 is 0.981 bits per heavy atom. The average molecular weight is 1480 g/mol. The fourth-order valence-corrected chi connectivity index (χ4v) is 13.1. The molecule has 2 fully saturated rings. The molecule has 0 amide bonds. The van der Waals surface area contributed by atoms with Gasteiger partial charge in [-0.1, -0.05) is 73.4 Å². The predicted molar refractivity (Wildman–Crippen MR) is 396 cm³/mol. The van der Waals surface area contributed by atoms with E-state index < -0.39 is 23.9 Å². The van der Waals surface area contributed by atoms with E-state index in [0.29, 0.717) is 98.0 Å². The zero-order valence-corrected chi connectivity index (χ0v) is 62.5. The molecule has 8 heterocycles. The Kier molecular flexibility index (Phi) is 24.1. The van der Waals surface area contributed by atoms with Crippen LogP contribution in [-0.4, -0.2) is 152 Å². The number of aryl methyl sites for hydroxylation is 8. The van der Waals surface area contributed by atoms with Crippen LogP contribution < -0.4 is 18.9 Å². The van der Waals surface area contributed by atoms with Gasteiger partial charge in [0.1, 0.15) is 23.0 Å². The minimum Gasteiger partial charge on any atom is -0.492 e. The van der Waals surface area contributed by atoms with E-state index in [-0.39, 0.29) is 36.0 Å². The summed E-state index contributed by atoms with van der Waals surface area (Å²) in [5, 5.41) is 70.0. The number of fused-ring (bicyclic) bond motifs is 4. The van der Waals surface area contributed by atoms with Crippen LogP contribution in [0.2, 0.25) is 10.0 Å². The molecule has 4 aromatic carbocycles. The Labute approximate surface area is 620 Å². The molecule has 2 aliphatic rings. The summed E-state index contributed by atoms with van der Waals surface area (Å²) in [6, 6.07) is 26.9. The Hall–Kier alpha value is -11.3. The average Bonchev–Trinajstić information content (AvgIpc) is 1.63. The van der Waals surface area contributed by atoms with Crippen molar-refractivity contribution < 1.29 is 57.8 Å². The van der Waals surface area contributed by atoms with Gasteiger partial charge in [-0.15, -0.1) is 40.8 Å². The zero-order valence-electron chi connectivity index (χ0n) is 61.0. The lowest BCUT2D eigenvalue weighted by Crippen LogP contribution is -2.14. The van der Waals surface area contributed by atoms with Crippen LogP contribution in [0.4, 0.5) is 0 Å². The van der Waals surface area contributed by atoms with Gasteiger partial charge in [-0.25, -0.2) is 37.2 Å². The van der Waals surface area contributed by atoms with E-state index in [0.717, 1.165) is 112 Å². The molecule has 2 saturated carbocycles. The van der Waals surface area contributed by atoms with Crippen LogP contribution in [0.25, 0.3) is 67.1 Å². The number of ether oxygens (including phenoxy) is 6. The van der Waals surface area contributed by atoms with Gasteiger partial charge in [-0.3, -0.25) is 0 Å². The van der Waals surface area contributed by atoms with Crippen LogP contribution in [0.1, 0.15) is 179 Å². The molecule has 0 radical (unpaired) electrons. The van der Waals surface area contributed by atoms with Crippen molar-refractivity contribution in [3.63, 3.8) is 0 Å². The summed E-state index contributed by atoms with van der Waals surface area (Å²) in [5.74, 6) is -0.294. The van der Waals surface area contributed by atoms with E-state index in [1.54, 1.807) is 67.2 Å². The van der Waals surface area contributed by atoms with Crippen LogP contribution in [0.5, 0.6) is 23.0 Å². The molecule has 28 nitrogen and oxygen atoms in total. The highest BCUT2D eigenvalue weighted by molar-refractivity contribution is 6.32. The molecule has 30 heteroatoms. The summed E-state index contributed by atoms with van der Waals surface area (Å²) in [5.41, 5.74) is 14.5. The molecule has 8 aromatic heterocycles. The van der Waals surface area contributed by atoms with E-state index >= 15 is 0 Å². The molecule has 552 valence electrons. The first-order chi connectivity index (χ1) is 51.0.